The van der Waals surface area contributed by atoms with Crippen molar-refractivity contribution >= 4 is 21.8 Å². The van der Waals surface area contributed by atoms with Crippen molar-refractivity contribution in [2.75, 3.05) is 13.1 Å². The highest BCUT2D eigenvalue weighted by atomic mass is 32.2. The molecule has 2 heterocycles. The van der Waals surface area contributed by atoms with Gasteiger partial charge in [-0.15, -0.1) is 0 Å². The van der Waals surface area contributed by atoms with Crippen LogP contribution in [0.4, 0.5) is 0 Å². The summed E-state index contributed by atoms with van der Waals surface area (Å²) in [5.74, 6) is -0.100. The number of amides is 2. The molecule has 1 aliphatic carbocycles. The average Bonchev–Trinajstić information content (AvgIpc) is 3.42. The molecule has 1 saturated carbocycles. The zero-order chi connectivity index (χ0) is 17.8. The third-order valence-corrected chi connectivity index (χ3v) is 7.33. The summed E-state index contributed by atoms with van der Waals surface area (Å²) in [6.45, 7) is 3.54. The Morgan fingerprint density at radius 1 is 1.24 bits per heavy atom. The summed E-state index contributed by atoms with van der Waals surface area (Å²) in [6.07, 6.45) is 4.58. The minimum atomic E-state index is -3.82. The molecular formula is C18H22N2O4S. The van der Waals surface area contributed by atoms with Crippen LogP contribution in [0.1, 0.15) is 59.7 Å². The van der Waals surface area contributed by atoms with Crippen LogP contribution in [0.15, 0.2) is 23.1 Å². The van der Waals surface area contributed by atoms with Crippen LogP contribution in [0, 0.1) is 5.92 Å². The molecule has 6 nitrogen and oxygen atoms in total. The molecule has 7 heteroatoms. The summed E-state index contributed by atoms with van der Waals surface area (Å²) in [7, 11) is -3.82. The van der Waals surface area contributed by atoms with Gasteiger partial charge < -0.3 is 4.90 Å². The summed E-state index contributed by atoms with van der Waals surface area (Å²) >= 11 is 0. The first-order chi connectivity index (χ1) is 11.9. The second-order valence-corrected chi connectivity index (χ2v) is 9.00. The molecular weight excluding hydrogens is 340 g/mol. The number of sulfonamides is 1. The van der Waals surface area contributed by atoms with E-state index < -0.39 is 15.9 Å². The second-order valence-electron chi connectivity index (χ2n) is 7.22. The third-order valence-electron chi connectivity index (χ3n) is 5.46. The summed E-state index contributed by atoms with van der Waals surface area (Å²) in [5.41, 5.74) is 0.540. The van der Waals surface area contributed by atoms with E-state index >= 15 is 0 Å². The van der Waals surface area contributed by atoms with Crippen molar-refractivity contribution in [3.05, 3.63) is 29.3 Å². The zero-order valence-corrected chi connectivity index (χ0v) is 15.1. The van der Waals surface area contributed by atoms with Gasteiger partial charge in [0.25, 0.3) is 21.8 Å². The number of likely N-dealkylation sites (tertiary alicyclic amines) is 1. The first-order valence-corrected chi connectivity index (χ1v) is 10.4. The summed E-state index contributed by atoms with van der Waals surface area (Å²) in [6, 6.07) is 4.26. The van der Waals surface area contributed by atoms with Gasteiger partial charge in [-0.25, -0.2) is 12.7 Å². The van der Waals surface area contributed by atoms with E-state index in [2.05, 4.69) is 6.92 Å². The number of hydrogen-bond donors (Lipinski definition) is 0. The molecule has 0 aromatic heterocycles. The lowest BCUT2D eigenvalue weighted by Crippen LogP contribution is -2.39. The average molecular weight is 362 g/mol. The van der Waals surface area contributed by atoms with E-state index in [4.69, 9.17) is 0 Å². The third kappa shape index (κ3) is 2.65. The van der Waals surface area contributed by atoms with Crippen molar-refractivity contribution in [2.45, 2.75) is 50.0 Å². The van der Waals surface area contributed by atoms with Crippen molar-refractivity contribution < 1.29 is 18.0 Å². The van der Waals surface area contributed by atoms with Gasteiger partial charge in [0.05, 0.1) is 5.56 Å². The number of carbonyl (C=O) groups excluding carboxylic acids is 2. The van der Waals surface area contributed by atoms with E-state index in [-0.39, 0.29) is 22.4 Å². The molecule has 25 heavy (non-hydrogen) atoms. The minimum absolute atomic E-state index is 0.0145. The van der Waals surface area contributed by atoms with E-state index in [9.17, 15) is 18.0 Å². The number of piperidine rings is 1. The molecule has 1 aromatic rings. The zero-order valence-electron chi connectivity index (χ0n) is 14.3. The highest BCUT2D eigenvalue weighted by molar-refractivity contribution is 7.90. The highest BCUT2D eigenvalue weighted by Gasteiger charge is 2.48. The van der Waals surface area contributed by atoms with E-state index in [1.165, 1.54) is 12.1 Å². The van der Waals surface area contributed by atoms with Crippen LogP contribution in [-0.4, -0.2) is 48.6 Å². The number of carbonyl (C=O) groups is 2. The fourth-order valence-electron chi connectivity index (χ4n) is 3.82. The molecule has 3 aliphatic rings. The van der Waals surface area contributed by atoms with Gasteiger partial charge in [0.15, 0.2) is 0 Å². The van der Waals surface area contributed by atoms with Crippen LogP contribution in [0.5, 0.6) is 0 Å². The van der Waals surface area contributed by atoms with Crippen molar-refractivity contribution in [1.29, 1.82) is 0 Å². The molecule has 1 aromatic carbocycles. The lowest BCUT2D eigenvalue weighted by molar-refractivity contribution is 0.0670. The number of nitrogens with zero attached hydrogens (tertiary/aromatic N) is 2. The maximum Gasteiger partial charge on any atom is 0.269 e. The standard InChI is InChI=1S/C18H22N2O4S/c1-2-12-4-3-9-19(11-12)17(21)13-5-8-15-16(10-13)25(23,24)20(18(15)22)14-6-7-14/h5,8,10,12,14H,2-4,6-7,9,11H2,1H3. The first kappa shape index (κ1) is 16.6. The summed E-state index contributed by atoms with van der Waals surface area (Å²) in [4.78, 5) is 27.0. The van der Waals surface area contributed by atoms with E-state index in [0.717, 1.165) is 36.4 Å². The van der Waals surface area contributed by atoms with Gasteiger partial charge in [-0.1, -0.05) is 13.3 Å². The van der Waals surface area contributed by atoms with E-state index in [0.29, 0.717) is 24.6 Å². The monoisotopic (exact) mass is 362 g/mol. The van der Waals surface area contributed by atoms with Crippen LogP contribution in [0.3, 0.4) is 0 Å². The Labute approximate surface area is 147 Å². The summed E-state index contributed by atoms with van der Waals surface area (Å²) in [5, 5.41) is 0. The van der Waals surface area contributed by atoms with Crippen molar-refractivity contribution in [1.82, 2.24) is 9.21 Å². The molecule has 2 fully saturated rings. The Morgan fingerprint density at radius 3 is 2.68 bits per heavy atom. The number of benzene rings is 1. The first-order valence-electron chi connectivity index (χ1n) is 8.95. The van der Waals surface area contributed by atoms with Crippen LogP contribution in [-0.2, 0) is 10.0 Å². The molecule has 0 spiro atoms. The Morgan fingerprint density at radius 2 is 2.00 bits per heavy atom. The fourth-order valence-corrected chi connectivity index (χ4v) is 5.66. The van der Waals surface area contributed by atoms with Crippen molar-refractivity contribution in [3.8, 4) is 0 Å². The Bertz CT molecular complexity index is 845. The molecule has 2 aliphatic heterocycles. The van der Waals surface area contributed by atoms with Gasteiger partial charge in [-0.2, -0.15) is 0 Å². The Balaban J connectivity index is 1.65. The van der Waals surface area contributed by atoms with Crippen LogP contribution in [0.2, 0.25) is 0 Å². The lowest BCUT2D eigenvalue weighted by atomic mass is 9.95. The molecule has 0 radical (unpaired) electrons. The topological polar surface area (TPSA) is 74.8 Å². The molecule has 0 N–H and O–H groups in total. The quantitative estimate of drug-likeness (QED) is 0.827. The maximum atomic E-state index is 12.8. The van der Waals surface area contributed by atoms with E-state index in [1.54, 1.807) is 11.0 Å². The van der Waals surface area contributed by atoms with E-state index in [1.807, 2.05) is 0 Å². The van der Waals surface area contributed by atoms with Gasteiger partial charge in [-0.3, -0.25) is 9.59 Å². The number of hydrogen-bond acceptors (Lipinski definition) is 4. The largest absolute Gasteiger partial charge is 0.338 e. The Kier molecular flexibility index (Phi) is 3.86. The highest BCUT2D eigenvalue weighted by Crippen LogP contribution is 2.39. The van der Waals surface area contributed by atoms with Gasteiger partial charge in [0.1, 0.15) is 4.90 Å². The van der Waals surface area contributed by atoms with Gasteiger partial charge in [-0.05, 0) is 49.8 Å². The van der Waals surface area contributed by atoms with Crippen molar-refractivity contribution in [2.24, 2.45) is 5.92 Å². The van der Waals surface area contributed by atoms with Gasteiger partial charge in [0.2, 0.25) is 0 Å². The maximum absolute atomic E-state index is 12.8. The molecule has 1 atom stereocenters. The second kappa shape index (κ2) is 5.83. The molecule has 1 saturated heterocycles. The molecule has 0 bridgehead atoms. The predicted octanol–water partition coefficient (Wildman–Crippen LogP) is 2.26. The minimum Gasteiger partial charge on any atom is -0.338 e. The fraction of sp³-hybridized carbons (Fsp3) is 0.556. The molecule has 1 unspecified atom stereocenters. The van der Waals surface area contributed by atoms with Crippen LogP contribution < -0.4 is 0 Å². The predicted molar refractivity (Wildman–Crippen MR) is 91.7 cm³/mol. The number of fused-ring (bicyclic) bond motifs is 1. The normalized spacial score (nSPS) is 25.2. The van der Waals surface area contributed by atoms with Crippen LogP contribution >= 0.6 is 0 Å². The van der Waals surface area contributed by atoms with Gasteiger partial charge in [0, 0.05) is 24.7 Å². The van der Waals surface area contributed by atoms with Gasteiger partial charge >= 0.3 is 0 Å². The smallest absolute Gasteiger partial charge is 0.269 e. The molecule has 2 amide bonds. The number of rotatable bonds is 3. The van der Waals surface area contributed by atoms with Crippen LogP contribution in [0.25, 0.3) is 0 Å². The molecule has 4 rings (SSSR count). The van der Waals surface area contributed by atoms with Crippen molar-refractivity contribution in [3.63, 3.8) is 0 Å². The Hall–Kier alpha value is -1.89. The molecule has 134 valence electrons. The lowest BCUT2D eigenvalue weighted by Gasteiger charge is -2.32. The summed E-state index contributed by atoms with van der Waals surface area (Å²) < 4.78 is 26.4. The SMILES string of the molecule is CCC1CCCN(C(=O)c2ccc3c(c2)S(=O)(=O)N(C2CC2)C3=O)C1.